The first-order chi connectivity index (χ1) is 58.7. The lowest BCUT2D eigenvalue weighted by Gasteiger charge is -2.43. The number of amides is 9. The average Bonchev–Trinajstić information content (AvgIpc) is 0.752. The van der Waals surface area contributed by atoms with Crippen molar-refractivity contribution in [3.05, 3.63) is 147 Å². The summed E-state index contributed by atoms with van der Waals surface area (Å²) in [6.07, 6.45) is -7.66. The summed E-state index contributed by atoms with van der Waals surface area (Å²) >= 11 is 0. The van der Waals surface area contributed by atoms with E-state index in [1.165, 1.54) is 51.4 Å². The molecule has 36 nitrogen and oxygen atoms in total. The Hall–Kier alpha value is -11.2. The fourth-order valence-electron chi connectivity index (χ4n) is 15.2. The number of Topliss-reactive ketones (excluding diaryl/α,β-unsaturated/α-hetero) is 1. The molecular weight excluding hydrogens is 1590 g/mol. The van der Waals surface area contributed by atoms with Gasteiger partial charge in [-0.25, -0.2) is 14.4 Å². The van der Waals surface area contributed by atoms with Crippen molar-refractivity contribution in [2.45, 2.75) is 146 Å². The molecule has 36 heteroatoms. The van der Waals surface area contributed by atoms with Crippen LogP contribution in [0.5, 0.6) is 17.2 Å². The summed E-state index contributed by atoms with van der Waals surface area (Å²) in [5.74, 6) is -0.427. The number of carbonyl (C=O) groups excluding carboxylic acids is 11. The molecule has 4 heterocycles. The molecule has 0 bridgehead atoms. The van der Waals surface area contributed by atoms with Crippen molar-refractivity contribution in [2.75, 3.05) is 137 Å². The number of ketones is 3. The third-order valence-corrected chi connectivity index (χ3v) is 21.8. The van der Waals surface area contributed by atoms with Crippen LogP contribution in [0.4, 0.5) is 25.8 Å². The van der Waals surface area contributed by atoms with Crippen LogP contribution in [0.15, 0.2) is 91.0 Å². The van der Waals surface area contributed by atoms with Crippen molar-refractivity contribution in [2.24, 2.45) is 11.7 Å². The van der Waals surface area contributed by atoms with Gasteiger partial charge in [0.05, 0.1) is 108 Å². The zero-order chi connectivity index (χ0) is 87.3. The minimum atomic E-state index is -2.50. The normalized spacial score (nSPS) is 20.3. The molecule has 3 saturated heterocycles. The number of benzene rings is 5. The highest BCUT2D eigenvalue weighted by Gasteiger charge is 2.56. The van der Waals surface area contributed by atoms with E-state index in [9.17, 15) is 68.1 Å². The first kappa shape index (κ1) is 91.5. The number of urea groups is 1. The number of aliphatic hydroxyl groups is 1. The number of nitrogens with zero attached hydrogens (tertiary/aromatic N) is 4. The second-order valence-electron chi connectivity index (χ2n) is 30.5. The Morgan fingerprint density at radius 3 is 2.07 bits per heavy atom. The number of hydrogen-bond donors (Lipinski definition) is 9. The van der Waals surface area contributed by atoms with Crippen LogP contribution in [-0.4, -0.2) is 277 Å². The molecule has 2 aliphatic carbocycles. The van der Waals surface area contributed by atoms with E-state index in [0.29, 0.717) is 36.6 Å². The molecule has 0 radical (unpaired) electrons. The number of anilines is 2. The lowest BCUT2D eigenvalue weighted by molar-refractivity contribution is -0.256. The van der Waals surface area contributed by atoms with Crippen molar-refractivity contribution in [1.29, 1.82) is 0 Å². The van der Waals surface area contributed by atoms with Gasteiger partial charge in [0, 0.05) is 132 Å². The molecule has 1 unspecified atom stereocenters. The molecule has 10 atom stereocenters. The number of rotatable bonds is 40. The lowest BCUT2D eigenvalue weighted by atomic mass is 9.72. The van der Waals surface area contributed by atoms with Crippen LogP contribution in [0.1, 0.15) is 137 Å². The van der Waals surface area contributed by atoms with Gasteiger partial charge in [0.2, 0.25) is 41.1 Å². The van der Waals surface area contributed by atoms with E-state index in [1.54, 1.807) is 49.9 Å². The Morgan fingerprint density at radius 1 is 0.705 bits per heavy atom. The predicted octanol–water partition coefficient (Wildman–Crippen LogP) is 4.37. The second kappa shape index (κ2) is 43.0. The third-order valence-electron chi connectivity index (χ3n) is 21.8. The van der Waals surface area contributed by atoms with Crippen LogP contribution in [-0.2, 0) is 100 Å². The van der Waals surface area contributed by atoms with E-state index >= 15 is 0 Å². The highest BCUT2D eigenvalue weighted by molar-refractivity contribution is 6.31. The number of para-hydroxylation sites is 1. The Morgan fingerprint density at radius 2 is 1.37 bits per heavy atom. The van der Waals surface area contributed by atoms with Gasteiger partial charge in [-0.05, 0) is 73.2 Å². The molecule has 9 amide bonds. The number of aromatic hydroxyl groups is 2. The van der Waals surface area contributed by atoms with E-state index in [-0.39, 0.29) is 170 Å². The van der Waals surface area contributed by atoms with Crippen molar-refractivity contribution in [3.8, 4) is 29.1 Å². The summed E-state index contributed by atoms with van der Waals surface area (Å²) in [5, 5.41) is 50.3. The van der Waals surface area contributed by atoms with Crippen molar-refractivity contribution >= 4 is 76.5 Å². The second-order valence-corrected chi connectivity index (χ2v) is 30.5. The third kappa shape index (κ3) is 22.9. The number of ether oxygens (including phenoxy) is 12. The van der Waals surface area contributed by atoms with Crippen LogP contribution in [0.25, 0.3) is 0 Å². The van der Waals surface area contributed by atoms with Crippen LogP contribution >= 0.6 is 0 Å². The van der Waals surface area contributed by atoms with E-state index < -0.39 is 156 Å². The Labute approximate surface area is 705 Å². The van der Waals surface area contributed by atoms with Gasteiger partial charge in [-0.3, -0.25) is 43.3 Å². The van der Waals surface area contributed by atoms with Crippen molar-refractivity contribution in [1.82, 2.24) is 36.0 Å². The summed E-state index contributed by atoms with van der Waals surface area (Å²) in [7, 11) is 5.57. The standard InChI is InChI=1S/C86H106N10O26/c1-50(2)73(92-66(99)29-35-113-38-40-115-42-43-116-41-39-114-36-31-88-65(98)27-28-67(100)96-47-55-16-9-8-14-53(55)23-24-54-15-10-11-19-60(54)96)80(106)91-59(18-13-30-89-83(87)107)79(105)90-56-25-21-52(22-26-56)48-118-84(108)93(4)32-33-94(5)85(109)119-49-64(97)86(110)45-58-70(77(104)72-71(75(58)102)74(101)57-17-12-20-62(111-6)69(57)76(72)103)63(46-86)121-68-44-61-78(51(3)120-68)122-81-82(112-7)117-37-34-95(61)81/h8-12,14-17,19-22,25-26,50-51,59,61,63,68,73,78,81-82,102,104,110H,13,18,27-49H2,1-7H3,(H,88,98)(H,90,105)(H,91,106)(H,92,99)(H3,87,89,107)/t51-,59-,61-,63-,68?,73-,78+,81+,82-,86-/m0/s1. The number of hydrogen-bond acceptors (Lipinski definition) is 27. The molecule has 0 aromatic heterocycles. The van der Waals surface area contributed by atoms with Gasteiger partial charge >= 0.3 is 18.2 Å². The number of carbonyl (C=O) groups is 11. The molecular formula is C86H106N10O26. The predicted molar refractivity (Wildman–Crippen MR) is 434 cm³/mol. The maximum Gasteiger partial charge on any atom is 0.409 e. The van der Waals surface area contributed by atoms with Gasteiger partial charge in [0.1, 0.15) is 47.6 Å². The lowest BCUT2D eigenvalue weighted by Crippen LogP contribution is -2.55. The Balaban J connectivity index is 0.573. The summed E-state index contributed by atoms with van der Waals surface area (Å²) in [4.78, 5) is 154. The number of nitrogens with two attached hydrogens (primary N) is 1. The minimum absolute atomic E-state index is 0.0157. The fraction of sp³-hybridized carbons (Fsp3) is 0.500. The van der Waals surface area contributed by atoms with E-state index in [4.69, 9.17) is 62.6 Å². The molecule has 6 aliphatic rings. The maximum absolute atomic E-state index is 14.4. The summed E-state index contributed by atoms with van der Waals surface area (Å²) in [5.41, 5.74) is 4.99. The van der Waals surface area contributed by atoms with Crippen molar-refractivity contribution < 1.29 is 125 Å². The molecule has 10 N–H and O–H groups in total. The zero-order valence-electron chi connectivity index (χ0n) is 69.2. The van der Waals surface area contributed by atoms with Gasteiger partial charge in [0.15, 0.2) is 31.2 Å². The van der Waals surface area contributed by atoms with Crippen molar-refractivity contribution in [3.63, 3.8) is 0 Å². The first-order valence-corrected chi connectivity index (χ1v) is 40.5. The van der Waals surface area contributed by atoms with Gasteiger partial charge in [-0.15, -0.1) is 0 Å². The highest BCUT2D eigenvalue weighted by Crippen LogP contribution is 2.53. The van der Waals surface area contributed by atoms with Crippen LogP contribution in [0.3, 0.4) is 0 Å². The quantitative estimate of drug-likeness (QED) is 0.0146. The molecule has 11 rings (SSSR count). The first-order valence-electron chi connectivity index (χ1n) is 40.5. The number of nitrogens with one attached hydrogen (secondary N) is 5. The molecule has 4 aliphatic heterocycles. The molecule has 3 fully saturated rings. The molecule has 5 aromatic rings. The minimum Gasteiger partial charge on any atom is -0.507 e. The average molecular weight is 1700 g/mol. The summed E-state index contributed by atoms with van der Waals surface area (Å²) in [6.45, 7) is 7.07. The summed E-state index contributed by atoms with van der Waals surface area (Å²) < 4.78 is 69.4. The largest absolute Gasteiger partial charge is 0.507 e. The highest BCUT2D eigenvalue weighted by atomic mass is 16.7. The molecule has 0 saturated carbocycles. The molecule has 656 valence electrons. The van der Waals surface area contributed by atoms with Crippen LogP contribution in [0.2, 0.25) is 0 Å². The Bertz CT molecular complexity index is 4690. The molecule has 0 spiro atoms. The zero-order valence-corrected chi connectivity index (χ0v) is 69.2. The fourth-order valence-corrected chi connectivity index (χ4v) is 15.2. The van der Waals surface area contributed by atoms with Gasteiger partial charge < -0.3 is 119 Å². The van der Waals surface area contributed by atoms with Gasteiger partial charge in [-0.1, -0.05) is 80.3 Å². The van der Waals surface area contributed by atoms with Crippen LogP contribution in [0, 0.1) is 17.8 Å². The Kier molecular flexibility index (Phi) is 32.3. The van der Waals surface area contributed by atoms with E-state index in [1.807, 2.05) is 48.5 Å². The number of phenolic OH excluding ortho intramolecular Hbond substituents is 2. The number of fused-ring (bicyclic) bond motifs is 8. The number of primary amides is 1. The van der Waals surface area contributed by atoms with E-state index in [0.717, 1.165) is 21.6 Å². The maximum atomic E-state index is 14.4. The van der Waals surface area contributed by atoms with Gasteiger partial charge in [0.25, 0.3) is 0 Å². The topological polar surface area (TPSA) is 458 Å². The van der Waals surface area contributed by atoms with E-state index in [2.05, 4.69) is 43.3 Å². The molecule has 5 aromatic carbocycles. The smallest absolute Gasteiger partial charge is 0.409 e. The number of phenols is 2. The number of likely N-dealkylation sites (N-methyl/N-ethyl adjacent to an activating group) is 2. The van der Waals surface area contributed by atoms with Crippen LogP contribution < -0.4 is 42.0 Å². The van der Waals surface area contributed by atoms with Gasteiger partial charge in [-0.2, -0.15) is 0 Å². The monoisotopic (exact) mass is 1690 g/mol. The number of morpholine rings is 1. The summed E-state index contributed by atoms with van der Waals surface area (Å²) in [6, 6.07) is 22.4. The molecule has 122 heavy (non-hydrogen) atoms. The SMILES string of the molecule is COc1cccc2c1C(=O)c1c(O)c3c(c(O)c1C2=O)C[C@@](O)(C(=O)COC(=O)N(C)CCN(C)C(=O)OCc1ccc(NC(=O)[C@H](CCCNC(N)=O)NC(=O)[C@@H](NC(=O)CCOCCOCCOCCOCCNC(=O)CCC(=O)N2Cc4ccccc4C#Cc4ccccc42)C(C)C)cc1)C[C@@H]3OC1C[C@H]2[C@H](O[C@@H]3[C@@H](OC)OCCN32)[C@H](C)O1. The number of methoxy groups -OCH3 is 2.